The standard InChI is InChI=1S/C14H21Cl2N3O3S2/c1-18(2)14(20)10-5-3-7-19(10)8-4-6-17-24(21,22)11-9-12(15)23-13(11)16/h9-10,17H,3-8H2,1-2H3. The van der Waals surface area contributed by atoms with E-state index in [9.17, 15) is 13.2 Å². The van der Waals surface area contributed by atoms with E-state index in [0.717, 1.165) is 30.7 Å². The molecule has 2 heterocycles. The highest BCUT2D eigenvalue weighted by Crippen LogP contribution is 2.34. The summed E-state index contributed by atoms with van der Waals surface area (Å²) in [5.74, 6) is 0.104. The molecule has 6 nitrogen and oxygen atoms in total. The van der Waals surface area contributed by atoms with Crippen molar-refractivity contribution in [1.29, 1.82) is 0 Å². The van der Waals surface area contributed by atoms with Crippen LogP contribution >= 0.6 is 34.5 Å². The molecule has 24 heavy (non-hydrogen) atoms. The molecule has 0 saturated carbocycles. The zero-order valence-electron chi connectivity index (χ0n) is 13.6. The van der Waals surface area contributed by atoms with Crippen LogP contribution in [0.5, 0.6) is 0 Å². The van der Waals surface area contributed by atoms with Crippen molar-refractivity contribution in [3.63, 3.8) is 0 Å². The van der Waals surface area contributed by atoms with E-state index in [1.54, 1.807) is 19.0 Å². The minimum absolute atomic E-state index is 0.0148. The van der Waals surface area contributed by atoms with Gasteiger partial charge in [-0.3, -0.25) is 9.69 Å². The van der Waals surface area contributed by atoms with E-state index in [1.807, 2.05) is 0 Å². The first-order valence-electron chi connectivity index (χ1n) is 7.62. The second kappa shape index (κ2) is 8.33. The van der Waals surface area contributed by atoms with E-state index in [0.29, 0.717) is 17.3 Å². The van der Waals surface area contributed by atoms with Gasteiger partial charge in [0.25, 0.3) is 0 Å². The van der Waals surface area contributed by atoms with Crippen LogP contribution in [0, 0.1) is 0 Å². The van der Waals surface area contributed by atoms with Gasteiger partial charge in [0.05, 0.1) is 10.4 Å². The molecule has 1 fully saturated rings. The Morgan fingerprint density at radius 2 is 2.17 bits per heavy atom. The third kappa shape index (κ3) is 4.83. The van der Waals surface area contributed by atoms with Gasteiger partial charge < -0.3 is 4.90 Å². The van der Waals surface area contributed by atoms with E-state index in [2.05, 4.69) is 9.62 Å². The second-order valence-corrected chi connectivity index (χ2v) is 9.89. The van der Waals surface area contributed by atoms with Crippen LogP contribution in [0.2, 0.25) is 8.67 Å². The van der Waals surface area contributed by atoms with Gasteiger partial charge in [0.1, 0.15) is 9.23 Å². The van der Waals surface area contributed by atoms with Gasteiger partial charge in [-0.1, -0.05) is 23.2 Å². The number of sulfonamides is 1. The van der Waals surface area contributed by atoms with Crippen LogP contribution in [-0.4, -0.2) is 63.9 Å². The summed E-state index contributed by atoms with van der Waals surface area (Å²) < 4.78 is 27.4. The molecular weight excluding hydrogens is 393 g/mol. The number of thiophene rings is 1. The summed E-state index contributed by atoms with van der Waals surface area (Å²) >= 11 is 12.7. The van der Waals surface area contributed by atoms with Crippen LogP contribution in [-0.2, 0) is 14.8 Å². The molecule has 1 aromatic heterocycles. The topological polar surface area (TPSA) is 69.7 Å². The first-order valence-corrected chi connectivity index (χ1v) is 10.7. The van der Waals surface area contributed by atoms with Crippen molar-refractivity contribution >= 4 is 50.5 Å². The number of nitrogens with one attached hydrogen (secondary N) is 1. The molecule has 0 radical (unpaired) electrons. The summed E-state index contributed by atoms with van der Waals surface area (Å²) in [6.45, 7) is 1.82. The summed E-state index contributed by atoms with van der Waals surface area (Å²) in [6.07, 6.45) is 2.46. The SMILES string of the molecule is CN(C)C(=O)C1CCCN1CCCNS(=O)(=O)c1cc(Cl)sc1Cl. The lowest BCUT2D eigenvalue weighted by Gasteiger charge is -2.26. The Bertz CT molecular complexity index is 691. The summed E-state index contributed by atoms with van der Waals surface area (Å²) in [5, 5.41) is 0. The smallest absolute Gasteiger partial charge is 0.242 e. The molecule has 1 saturated heterocycles. The lowest BCUT2D eigenvalue weighted by atomic mass is 10.2. The van der Waals surface area contributed by atoms with Gasteiger partial charge in [-0.15, -0.1) is 11.3 Å². The Balaban J connectivity index is 1.84. The van der Waals surface area contributed by atoms with Crippen LogP contribution in [0.4, 0.5) is 0 Å². The van der Waals surface area contributed by atoms with E-state index in [-0.39, 0.29) is 27.7 Å². The van der Waals surface area contributed by atoms with Crippen LogP contribution in [0.15, 0.2) is 11.0 Å². The molecule has 0 aromatic carbocycles. The second-order valence-electron chi connectivity index (χ2n) is 5.87. The number of likely N-dealkylation sites (N-methyl/N-ethyl adjacent to an activating group) is 1. The maximum atomic E-state index is 12.2. The number of hydrogen-bond donors (Lipinski definition) is 1. The third-order valence-corrected chi connectivity index (χ3v) is 7.13. The van der Waals surface area contributed by atoms with E-state index in [1.165, 1.54) is 6.07 Å². The Hall–Kier alpha value is -0.380. The largest absolute Gasteiger partial charge is 0.347 e. The Kier molecular flexibility index (Phi) is 6.92. The van der Waals surface area contributed by atoms with Crippen molar-refractivity contribution in [3.05, 3.63) is 14.7 Å². The molecule has 1 aliphatic heterocycles. The van der Waals surface area contributed by atoms with Crippen LogP contribution in [0.25, 0.3) is 0 Å². The van der Waals surface area contributed by atoms with E-state index in [4.69, 9.17) is 23.2 Å². The Morgan fingerprint density at radius 1 is 1.46 bits per heavy atom. The zero-order valence-corrected chi connectivity index (χ0v) is 16.7. The maximum absolute atomic E-state index is 12.2. The number of amides is 1. The van der Waals surface area contributed by atoms with Crippen LogP contribution in [0.3, 0.4) is 0 Å². The Morgan fingerprint density at radius 3 is 2.75 bits per heavy atom. The highest BCUT2D eigenvalue weighted by Gasteiger charge is 2.31. The van der Waals surface area contributed by atoms with Gasteiger partial charge >= 0.3 is 0 Å². The monoisotopic (exact) mass is 413 g/mol. The average molecular weight is 414 g/mol. The number of carbonyl (C=O) groups excluding carboxylic acids is 1. The lowest BCUT2D eigenvalue weighted by molar-refractivity contribution is -0.133. The molecular formula is C14H21Cl2N3O3S2. The zero-order chi connectivity index (χ0) is 17.9. The van der Waals surface area contributed by atoms with Crippen molar-refractivity contribution in [1.82, 2.24) is 14.5 Å². The van der Waals surface area contributed by atoms with Gasteiger partial charge in [-0.2, -0.15) is 0 Å². The molecule has 0 aliphatic carbocycles. The molecule has 10 heteroatoms. The summed E-state index contributed by atoms with van der Waals surface area (Å²) in [7, 11) is -0.153. The van der Waals surface area contributed by atoms with Gasteiger partial charge in [-0.25, -0.2) is 13.1 Å². The van der Waals surface area contributed by atoms with E-state index >= 15 is 0 Å². The number of rotatable bonds is 7. The minimum Gasteiger partial charge on any atom is -0.347 e. The summed E-state index contributed by atoms with van der Waals surface area (Å²) in [5.41, 5.74) is 0. The molecule has 2 rings (SSSR count). The molecule has 0 bridgehead atoms. The third-order valence-electron chi connectivity index (χ3n) is 3.92. The quantitative estimate of drug-likeness (QED) is 0.695. The molecule has 136 valence electrons. The highest BCUT2D eigenvalue weighted by atomic mass is 35.5. The normalized spacial score (nSPS) is 18.9. The van der Waals surface area contributed by atoms with Gasteiger partial charge in [0.15, 0.2) is 0 Å². The lowest BCUT2D eigenvalue weighted by Crippen LogP contribution is -2.43. The maximum Gasteiger partial charge on any atom is 0.242 e. The van der Waals surface area contributed by atoms with Gasteiger partial charge in [0, 0.05) is 27.2 Å². The Labute approximate surface area is 156 Å². The molecule has 1 amide bonds. The van der Waals surface area contributed by atoms with Crippen molar-refractivity contribution in [3.8, 4) is 0 Å². The van der Waals surface area contributed by atoms with E-state index < -0.39 is 10.0 Å². The summed E-state index contributed by atoms with van der Waals surface area (Å²) in [4.78, 5) is 15.9. The molecule has 1 N–H and O–H groups in total. The summed E-state index contributed by atoms with van der Waals surface area (Å²) in [6, 6.07) is 1.25. The molecule has 0 spiro atoms. The number of hydrogen-bond acceptors (Lipinski definition) is 5. The van der Waals surface area contributed by atoms with Crippen LogP contribution in [0.1, 0.15) is 19.3 Å². The first-order chi connectivity index (χ1) is 11.2. The molecule has 1 aromatic rings. The number of carbonyl (C=O) groups is 1. The fourth-order valence-corrected chi connectivity index (χ4v) is 5.97. The van der Waals surface area contributed by atoms with Crippen molar-refractivity contribution in [2.24, 2.45) is 0 Å². The molecule has 1 unspecified atom stereocenters. The van der Waals surface area contributed by atoms with Crippen molar-refractivity contribution in [2.45, 2.75) is 30.2 Å². The fraction of sp³-hybridized carbons (Fsp3) is 0.643. The average Bonchev–Trinajstić information content (AvgIpc) is 3.09. The number of likely N-dealkylation sites (tertiary alicyclic amines) is 1. The van der Waals surface area contributed by atoms with Gasteiger partial charge in [-0.05, 0) is 31.9 Å². The molecule has 1 atom stereocenters. The fourth-order valence-electron chi connectivity index (χ4n) is 2.75. The predicted molar refractivity (Wildman–Crippen MR) is 97.4 cm³/mol. The molecule has 1 aliphatic rings. The van der Waals surface area contributed by atoms with Crippen molar-refractivity contribution in [2.75, 3.05) is 33.7 Å². The first kappa shape index (κ1) is 19.9. The highest BCUT2D eigenvalue weighted by molar-refractivity contribution is 7.89. The number of nitrogens with zero attached hydrogens (tertiary/aromatic N) is 2. The number of halogens is 2. The van der Waals surface area contributed by atoms with Crippen LogP contribution < -0.4 is 4.72 Å². The van der Waals surface area contributed by atoms with Gasteiger partial charge in [0.2, 0.25) is 15.9 Å². The van der Waals surface area contributed by atoms with Crippen molar-refractivity contribution < 1.29 is 13.2 Å². The predicted octanol–water partition coefficient (Wildman–Crippen LogP) is 2.28. The minimum atomic E-state index is -3.66.